The van der Waals surface area contributed by atoms with E-state index in [1.807, 2.05) is 39.8 Å². The lowest BCUT2D eigenvalue weighted by atomic mass is 10.3. The average molecular weight is 268 g/mol. The molecular weight excluding hydrogens is 244 g/mol. The van der Waals surface area contributed by atoms with Crippen LogP contribution in [0.25, 0.3) is 0 Å². The van der Waals surface area contributed by atoms with E-state index in [9.17, 15) is 4.79 Å². The van der Waals surface area contributed by atoms with E-state index in [2.05, 4.69) is 0 Å². The van der Waals surface area contributed by atoms with Crippen LogP contribution in [0.1, 0.15) is 27.2 Å². The maximum atomic E-state index is 11.5. The molecule has 1 unspecified atom stereocenters. The van der Waals surface area contributed by atoms with Crippen molar-refractivity contribution in [2.24, 2.45) is 0 Å². The van der Waals surface area contributed by atoms with Gasteiger partial charge in [-0.3, -0.25) is 4.90 Å². The summed E-state index contributed by atoms with van der Waals surface area (Å²) in [5.74, 6) is 0.415. The van der Waals surface area contributed by atoms with Crippen LogP contribution in [-0.2, 0) is 4.74 Å². The van der Waals surface area contributed by atoms with Crippen molar-refractivity contribution in [3.05, 3.63) is 24.3 Å². The van der Waals surface area contributed by atoms with Crippen LogP contribution in [0.5, 0.6) is 5.75 Å². The van der Waals surface area contributed by atoms with Crippen molar-refractivity contribution >= 4 is 11.8 Å². The van der Waals surface area contributed by atoms with Gasteiger partial charge in [-0.15, -0.1) is 0 Å². The Hall–Kier alpha value is -1.75. The van der Waals surface area contributed by atoms with E-state index in [0.717, 1.165) is 0 Å². The Labute approximate surface area is 115 Å². The van der Waals surface area contributed by atoms with Crippen LogP contribution in [0.2, 0.25) is 0 Å². The van der Waals surface area contributed by atoms with E-state index in [-0.39, 0.29) is 6.23 Å². The van der Waals surface area contributed by atoms with E-state index in [1.54, 1.807) is 24.3 Å². The predicted octanol–water partition coefficient (Wildman–Crippen LogP) is 3.11. The van der Waals surface area contributed by atoms with Crippen LogP contribution in [0.15, 0.2) is 24.3 Å². The molecule has 5 heteroatoms. The Balaban J connectivity index is 0.00000154. The summed E-state index contributed by atoms with van der Waals surface area (Å²) in [6.45, 7) is 5.93. The molecule has 0 heterocycles. The largest absolute Gasteiger partial charge is 0.515 e. The highest BCUT2D eigenvalue weighted by atomic mass is 16.7. The molecule has 1 aromatic rings. The zero-order valence-corrected chi connectivity index (χ0v) is 12.3. The minimum Gasteiger partial charge on any atom is -0.415 e. The van der Waals surface area contributed by atoms with Crippen LogP contribution >= 0.6 is 0 Å². The summed E-state index contributed by atoms with van der Waals surface area (Å²) in [7, 11) is 3.68. The molecule has 0 aliphatic heterocycles. The molecule has 2 N–H and O–H groups in total. The number of anilines is 1. The van der Waals surface area contributed by atoms with E-state index >= 15 is 0 Å². The molecule has 108 valence electrons. The first-order valence-electron chi connectivity index (χ1n) is 6.43. The lowest BCUT2D eigenvalue weighted by Gasteiger charge is -2.22. The molecule has 0 aliphatic rings. The number of hydrogen-bond acceptors (Lipinski definition) is 5. The zero-order chi connectivity index (χ0) is 14.8. The molecular formula is C14H24N2O3. The zero-order valence-electron chi connectivity index (χ0n) is 12.3. The monoisotopic (exact) mass is 268 g/mol. The topological polar surface area (TPSA) is 64.8 Å². The summed E-state index contributed by atoms with van der Waals surface area (Å²) in [4.78, 5) is 13.3. The second-order valence-electron chi connectivity index (χ2n) is 3.87. The van der Waals surface area contributed by atoms with E-state index in [0.29, 0.717) is 17.9 Å². The number of hydrogen-bond donors (Lipinski definition) is 1. The second kappa shape index (κ2) is 9.22. The molecule has 19 heavy (non-hydrogen) atoms. The SMILES string of the molecule is CC.CCC(OC(=O)Oc1ccc(N)cc1)N(C)C. The van der Waals surface area contributed by atoms with Crippen molar-refractivity contribution in [3.63, 3.8) is 0 Å². The Morgan fingerprint density at radius 3 is 2.21 bits per heavy atom. The van der Waals surface area contributed by atoms with Crippen LogP contribution in [0.4, 0.5) is 10.5 Å². The number of rotatable bonds is 4. The third-order valence-electron chi connectivity index (χ3n) is 2.24. The molecule has 0 saturated carbocycles. The quantitative estimate of drug-likeness (QED) is 0.393. The smallest absolute Gasteiger partial charge is 0.415 e. The molecule has 0 bridgehead atoms. The molecule has 1 atom stereocenters. The normalized spacial score (nSPS) is 11.3. The maximum Gasteiger partial charge on any atom is 0.515 e. The molecule has 5 nitrogen and oxygen atoms in total. The number of benzene rings is 1. The molecule has 1 aromatic carbocycles. The summed E-state index contributed by atoms with van der Waals surface area (Å²) in [5, 5.41) is 0. The summed E-state index contributed by atoms with van der Waals surface area (Å²) in [5.41, 5.74) is 6.14. The minimum atomic E-state index is -0.713. The van der Waals surface area contributed by atoms with Crippen molar-refractivity contribution in [1.29, 1.82) is 0 Å². The highest BCUT2D eigenvalue weighted by Crippen LogP contribution is 2.14. The van der Waals surface area contributed by atoms with Crippen LogP contribution < -0.4 is 10.5 Å². The molecule has 0 aromatic heterocycles. The summed E-state index contributed by atoms with van der Waals surface area (Å²) < 4.78 is 10.1. The number of nitrogens with two attached hydrogens (primary N) is 1. The average Bonchev–Trinajstić information content (AvgIpc) is 2.40. The Morgan fingerprint density at radius 2 is 1.79 bits per heavy atom. The fraction of sp³-hybridized carbons (Fsp3) is 0.500. The van der Waals surface area contributed by atoms with Crippen molar-refractivity contribution in [2.75, 3.05) is 19.8 Å². The highest BCUT2D eigenvalue weighted by molar-refractivity contribution is 5.64. The van der Waals surface area contributed by atoms with Crippen LogP contribution in [-0.4, -0.2) is 31.4 Å². The van der Waals surface area contributed by atoms with Gasteiger partial charge < -0.3 is 15.2 Å². The van der Waals surface area contributed by atoms with Gasteiger partial charge in [0.1, 0.15) is 5.75 Å². The van der Waals surface area contributed by atoms with E-state index in [1.165, 1.54) is 0 Å². The first kappa shape index (κ1) is 17.2. The van der Waals surface area contributed by atoms with Gasteiger partial charge in [0, 0.05) is 5.69 Å². The van der Waals surface area contributed by atoms with E-state index < -0.39 is 6.16 Å². The lowest BCUT2D eigenvalue weighted by molar-refractivity contribution is -0.0109. The Bertz CT molecular complexity index is 363. The summed E-state index contributed by atoms with van der Waals surface area (Å²) in [6, 6.07) is 6.55. The van der Waals surface area contributed by atoms with Gasteiger partial charge in [0.25, 0.3) is 0 Å². The Kier molecular flexibility index (Phi) is 8.37. The number of nitrogens with zero attached hydrogens (tertiary/aromatic N) is 1. The minimum absolute atomic E-state index is 0.281. The van der Waals surface area contributed by atoms with Gasteiger partial charge in [0.2, 0.25) is 0 Å². The van der Waals surface area contributed by atoms with Gasteiger partial charge in [-0.1, -0.05) is 20.8 Å². The van der Waals surface area contributed by atoms with Crippen molar-refractivity contribution in [1.82, 2.24) is 4.90 Å². The van der Waals surface area contributed by atoms with Crippen molar-refractivity contribution in [3.8, 4) is 5.75 Å². The van der Waals surface area contributed by atoms with Gasteiger partial charge in [-0.05, 0) is 44.8 Å². The van der Waals surface area contributed by atoms with Crippen LogP contribution in [0.3, 0.4) is 0 Å². The Morgan fingerprint density at radius 1 is 1.26 bits per heavy atom. The standard InChI is InChI=1S/C12H18N2O3.C2H6/c1-4-11(14(2)3)17-12(15)16-10-7-5-9(13)6-8-10;1-2/h5-8,11H,4,13H2,1-3H3;1-2H3. The molecule has 0 spiro atoms. The highest BCUT2D eigenvalue weighted by Gasteiger charge is 2.16. The molecule has 1 rings (SSSR count). The van der Waals surface area contributed by atoms with Gasteiger partial charge in [-0.2, -0.15) is 0 Å². The molecule has 0 radical (unpaired) electrons. The predicted molar refractivity (Wildman–Crippen MR) is 77.1 cm³/mol. The number of carbonyl (C=O) groups excluding carboxylic acids is 1. The van der Waals surface area contributed by atoms with E-state index in [4.69, 9.17) is 15.2 Å². The summed E-state index contributed by atoms with van der Waals surface area (Å²) >= 11 is 0. The number of nitrogen functional groups attached to an aromatic ring is 1. The fourth-order valence-corrected chi connectivity index (χ4v) is 1.32. The van der Waals surface area contributed by atoms with Crippen LogP contribution in [0, 0.1) is 0 Å². The third kappa shape index (κ3) is 6.67. The molecule has 0 aliphatic carbocycles. The maximum absolute atomic E-state index is 11.5. The third-order valence-corrected chi connectivity index (χ3v) is 2.24. The lowest BCUT2D eigenvalue weighted by Crippen LogP contribution is -2.33. The number of carbonyl (C=O) groups is 1. The van der Waals surface area contributed by atoms with Gasteiger partial charge in [-0.25, -0.2) is 4.79 Å². The molecule has 0 saturated heterocycles. The molecule has 0 amide bonds. The molecule has 0 fully saturated rings. The van der Waals surface area contributed by atoms with Gasteiger partial charge >= 0.3 is 6.16 Å². The number of ether oxygens (including phenoxy) is 2. The first-order chi connectivity index (χ1) is 9.02. The van der Waals surface area contributed by atoms with Crippen molar-refractivity contribution < 1.29 is 14.3 Å². The van der Waals surface area contributed by atoms with Gasteiger partial charge in [0.05, 0.1) is 0 Å². The van der Waals surface area contributed by atoms with Crippen molar-refractivity contribution in [2.45, 2.75) is 33.4 Å². The summed E-state index contributed by atoms with van der Waals surface area (Å²) in [6.07, 6.45) is -0.296. The first-order valence-corrected chi connectivity index (χ1v) is 6.43. The van der Waals surface area contributed by atoms with Gasteiger partial charge in [0.15, 0.2) is 6.23 Å². The second-order valence-corrected chi connectivity index (χ2v) is 3.87. The fourth-order valence-electron chi connectivity index (χ4n) is 1.32.